The molecule has 158 valence electrons. The van der Waals surface area contributed by atoms with E-state index in [1.54, 1.807) is 6.20 Å². The summed E-state index contributed by atoms with van der Waals surface area (Å²) in [6.07, 6.45) is 5.32. The summed E-state index contributed by atoms with van der Waals surface area (Å²) in [4.78, 5) is 26.4. The Kier molecular flexibility index (Phi) is 8.92. The predicted octanol–water partition coefficient (Wildman–Crippen LogP) is 2.28. The van der Waals surface area contributed by atoms with Crippen LogP contribution in [0.25, 0.3) is 0 Å². The van der Waals surface area contributed by atoms with Crippen molar-refractivity contribution in [2.75, 3.05) is 50.8 Å². The molecule has 1 aromatic heterocycles. The van der Waals surface area contributed by atoms with Gasteiger partial charge in [-0.15, -0.1) is 12.4 Å². The van der Waals surface area contributed by atoms with Gasteiger partial charge in [-0.2, -0.15) is 0 Å². The summed E-state index contributed by atoms with van der Waals surface area (Å²) in [5, 5.41) is 3.10. The number of piperidine rings is 1. The van der Waals surface area contributed by atoms with E-state index in [9.17, 15) is 4.79 Å². The molecule has 2 aliphatic heterocycles. The number of aryl methyl sites for hydroxylation is 1. The number of aromatic nitrogens is 2. The Morgan fingerprint density at radius 3 is 2.46 bits per heavy atom. The molecule has 1 amide bonds. The van der Waals surface area contributed by atoms with Crippen LogP contribution in [0.1, 0.15) is 49.2 Å². The van der Waals surface area contributed by atoms with Gasteiger partial charge in [0.2, 0.25) is 5.95 Å². The van der Waals surface area contributed by atoms with E-state index < -0.39 is 0 Å². The van der Waals surface area contributed by atoms with Crippen LogP contribution in [-0.2, 0) is 4.74 Å². The zero-order valence-corrected chi connectivity index (χ0v) is 18.1. The summed E-state index contributed by atoms with van der Waals surface area (Å²) in [5.74, 6) is 1.12. The minimum atomic E-state index is -0.0865. The third-order valence-corrected chi connectivity index (χ3v) is 5.61. The lowest BCUT2D eigenvalue weighted by atomic mass is 10.0. The highest BCUT2D eigenvalue weighted by molar-refractivity contribution is 5.95. The fraction of sp³-hybridized carbons (Fsp3) is 0.750. The van der Waals surface area contributed by atoms with Crippen molar-refractivity contribution in [2.24, 2.45) is 5.92 Å². The lowest BCUT2D eigenvalue weighted by Crippen LogP contribution is -2.51. The first-order chi connectivity index (χ1) is 13.1. The Balaban J connectivity index is 0.00000280. The number of hydrogen-bond donors (Lipinski definition) is 1. The summed E-state index contributed by atoms with van der Waals surface area (Å²) in [6.45, 7) is 12.3. The quantitative estimate of drug-likeness (QED) is 0.774. The Labute approximate surface area is 174 Å². The monoisotopic (exact) mass is 411 g/mol. The highest BCUT2D eigenvalue weighted by Gasteiger charge is 2.25. The summed E-state index contributed by atoms with van der Waals surface area (Å²) in [7, 11) is 0. The molecule has 0 radical (unpaired) electrons. The Hall–Kier alpha value is -1.44. The second-order valence-electron chi connectivity index (χ2n) is 7.89. The number of rotatable bonds is 6. The number of anilines is 1. The molecule has 1 unspecified atom stereocenters. The van der Waals surface area contributed by atoms with Crippen molar-refractivity contribution < 1.29 is 9.53 Å². The van der Waals surface area contributed by atoms with E-state index in [0.29, 0.717) is 24.1 Å². The maximum Gasteiger partial charge on any atom is 0.254 e. The molecule has 3 heterocycles. The van der Waals surface area contributed by atoms with Crippen molar-refractivity contribution in [3.63, 3.8) is 0 Å². The van der Waals surface area contributed by atoms with E-state index in [1.807, 2.05) is 6.92 Å². The van der Waals surface area contributed by atoms with Crippen LogP contribution in [0.3, 0.4) is 0 Å². The zero-order valence-electron chi connectivity index (χ0n) is 17.3. The van der Waals surface area contributed by atoms with Crippen LogP contribution in [0, 0.1) is 12.8 Å². The summed E-state index contributed by atoms with van der Waals surface area (Å²) < 4.78 is 5.45. The van der Waals surface area contributed by atoms with Crippen LogP contribution < -0.4 is 10.2 Å². The van der Waals surface area contributed by atoms with E-state index in [0.717, 1.165) is 51.0 Å². The largest absolute Gasteiger partial charge is 0.379 e. The number of carbonyl (C=O) groups is 1. The van der Waals surface area contributed by atoms with Crippen LogP contribution >= 0.6 is 12.4 Å². The molecule has 1 N–H and O–H groups in total. The van der Waals surface area contributed by atoms with E-state index in [-0.39, 0.29) is 18.3 Å². The van der Waals surface area contributed by atoms with Crippen molar-refractivity contribution in [3.8, 4) is 0 Å². The summed E-state index contributed by atoms with van der Waals surface area (Å²) in [6, 6.07) is 0.312. The van der Waals surface area contributed by atoms with Gasteiger partial charge in [0.05, 0.1) is 24.5 Å². The predicted molar refractivity (Wildman–Crippen MR) is 113 cm³/mol. The van der Waals surface area contributed by atoms with Gasteiger partial charge in [0, 0.05) is 45.0 Å². The van der Waals surface area contributed by atoms with E-state index in [4.69, 9.17) is 4.74 Å². The molecule has 7 nitrogen and oxygen atoms in total. The number of ether oxygens (including phenoxy) is 1. The van der Waals surface area contributed by atoms with Crippen LogP contribution in [0.15, 0.2) is 6.20 Å². The number of morpholine rings is 1. The molecular weight excluding hydrogens is 378 g/mol. The Morgan fingerprint density at radius 2 is 1.86 bits per heavy atom. The molecule has 0 aromatic carbocycles. The second-order valence-corrected chi connectivity index (χ2v) is 7.89. The molecule has 0 spiro atoms. The molecular formula is C20H34ClN5O2. The molecule has 28 heavy (non-hydrogen) atoms. The third-order valence-electron chi connectivity index (χ3n) is 5.61. The minimum Gasteiger partial charge on any atom is -0.379 e. The lowest BCUT2D eigenvalue weighted by molar-refractivity contribution is 0.00672. The van der Waals surface area contributed by atoms with Gasteiger partial charge in [-0.25, -0.2) is 9.97 Å². The maximum atomic E-state index is 12.7. The van der Waals surface area contributed by atoms with Crippen LogP contribution in [0.2, 0.25) is 0 Å². The molecule has 1 atom stereocenters. The first-order valence-electron chi connectivity index (χ1n) is 10.2. The molecule has 2 aliphatic rings. The average molecular weight is 412 g/mol. The standard InChI is InChI=1S/C20H33N5O2.ClH/c1-15(2)18(24-9-11-27-12-10-24)14-21-19(26)17-13-22-20(23-16(17)3)25-7-5-4-6-8-25;/h13,15,18H,4-12,14H2,1-3H3,(H,21,26);1H. The van der Waals surface area contributed by atoms with Crippen LogP contribution in [-0.4, -0.2) is 72.8 Å². The van der Waals surface area contributed by atoms with Gasteiger partial charge in [-0.3, -0.25) is 9.69 Å². The average Bonchev–Trinajstić information content (AvgIpc) is 2.69. The lowest BCUT2D eigenvalue weighted by Gasteiger charge is -2.36. The third kappa shape index (κ3) is 5.78. The normalized spacial score (nSPS) is 19.2. The first kappa shape index (κ1) is 22.8. The number of halogens is 1. The molecule has 0 aliphatic carbocycles. The van der Waals surface area contributed by atoms with E-state index in [2.05, 4.69) is 38.9 Å². The molecule has 2 saturated heterocycles. The Morgan fingerprint density at radius 1 is 1.18 bits per heavy atom. The van der Waals surface area contributed by atoms with Crippen molar-refractivity contribution in [2.45, 2.75) is 46.1 Å². The minimum absolute atomic E-state index is 0. The number of carbonyl (C=O) groups excluding carboxylic acids is 1. The van der Waals surface area contributed by atoms with Crippen molar-refractivity contribution >= 4 is 24.3 Å². The van der Waals surface area contributed by atoms with Gasteiger partial charge in [0.1, 0.15) is 0 Å². The first-order valence-corrected chi connectivity index (χ1v) is 10.2. The summed E-state index contributed by atoms with van der Waals surface area (Å²) in [5.41, 5.74) is 1.32. The van der Waals surface area contributed by atoms with Crippen molar-refractivity contribution in [3.05, 3.63) is 17.5 Å². The number of nitrogens with zero attached hydrogens (tertiary/aromatic N) is 4. The molecule has 0 saturated carbocycles. The molecule has 1 aromatic rings. The SMILES string of the molecule is Cc1nc(N2CCCCC2)ncc1C(=O)NCC(C(C)C)N1CCOCC1.Cl. The zero-order chi connectivity index (χ0) is 19.2. The van der Waals surface area contributed by atoms with Gasteiger partial charge < -0.3 is 15.0 Å². The van der Waals surface area contributed by atoms with Gasteiger partial charge in [-0.05, 0) is 32.1 Å². The molecule has 3 rings (SSSR count). The smallest absolute Gasteiger partial charge is 0.254 e. The number of amides is 1. The highest BCUT2D eigenvalue weighted by atomic mass is 35.5. The highest BCUT2D eigenvalue weighted by Crippen LogP contribution is 2.17. The van der Waals surface area contributed by atoms with Crippen LogP contribution in [0.5, 0.6) is 0 Å². The Bertz CT molecular complexity index is 631. The number of hydrogen-bond acceptors (Lipinski definition) is 6. The van der Waals surface area contributed by atoms with Crippen molar-refractivity contribution in [1.29, 1.82) is 0 Å². The fourth-order valence-corrected chi connectivity index (χ4v) is 3.91. The summed E-state index contributed by atoms with van der Waals surface area (Å²) >= 11 is 0. The molecule has 0 bridgehead atoms. The fourth-order valence-electron chi connectivity index (χ4n) is 3.91. The van der Waals surface area contributed by atoms with Gasteiger partial charge in [0.25, 0.3) is 5.91 Å². The molecule has 8 heteroatoms. The second kappa shape index (κ2) is 10.9. The van der Waals surface area contributed by atoms with Crippen LogP contribution in [0.4, 0.5) is 5.95 Å². The topological polar surface area (TPSA) is 70.6 Å². The van der Waals surface area contributed by atoms with Crippen molar-refractivity contribution in [1.82, 2.24) is 20.2 Å². The van der Waals surface area contributed by atoms with E-state index >= 15 is 0 Å². The molecule has 2 fully saturated rings. The van der Waals surface area contributed by atoms with Gasteiger partial charge in [0.15, 0.2) is 0 Å². The maximum absolute atomic E-state index is 12.7. The number of nitrogens with one attached hydrogen (secondary N) is 1. The van der Waals surface area contributed by atoms with Gasteiger partial charge >= 0.3 is 0 Å². The van der Waals surface area contributed by atoms with Gasteiger partial charge in [-0.1, -0.05) is 13.8 Å². The van der Waals surface area contributed by atoms with E-state index in [1.165, 1.54) is 19.3 Å².